The van der Waals surface area contributed by atoms with Gasteiger partial charge in [0.05, 0.1) is 16.8 Å². The number of rotatable bonds is 5. The van der Waals surface area contributed by atoms with Crippen LogP contribution < -0.4 is 9.54 Å². The normalized spacial score (nSPS) is 11.7. The van der Waals surface area contributed by atoms with Crippen LogP contribution in [0.4, 0.5) is 0 Å². The third kappa shape index (κ3) is 3.72. The molecule has 3 aromatic rings. The van der Waals surface area contributed by atoms with Crippen LogP contribution in [0.1, 0.15) is 22.8 Å². The number of carbonyl (C=O) groups excluding carboxylic acids is 1. The quantitative estimate of drug-likeness (QED) is 0.641. The fourth-order valence-corrected chi connectivity index (χ4v) is 3.70. The highest BCUT2D eigenvalue weighted by Gasteiger charge is 2.09. The zero-order valence-corrected chi connectivity index (χ0v) is 15.2. The van der Waals surface area contributed by atoms with Gasteiger partial charge in [-0.1, -0.05) is 35.1 Å². The topological polar surface area (TPSA) is 43.6 Å². The second-order valence-electron chi connectivity index (χ2n) is 5.63. The fourth-order valence-electron chi connectivity index (χ4n) is 2.63. The summed E-state index contributed by atoms with van der Waals surface area (Å²) in [7, 11) is 0. The summed E-state index contributed by atoms with van der Waals surface area (Å²) >= 11 is 1.48. The van der Waals surface area contributed by atoms with Crippen molar-refractivity contribution in [3.8, 4) is 5.75 Å². The molecule has 3 rings (SSSR count). The van der Waals surface area contributed by atoms with Crippen molar-refractivity contribution in [2.24, 2.45) is 4.99 Å². The van der Waals surface area contributed by atoms with Crippen molar-refractivity contribution in [3.63, 3.8) is 0 Å². The lowest BCUT2D eigenvalue weighted by atomic mass is 10.1. The van der Waals surface area contributed by atoms with Gasteiger partial charge < -0.3 is 9.30 Å². The Hall–Kier alpha value is -2.66. The molecule has 0 radical (unpaired) electrons. The summed E-state index contributed by atoms with van der Waals surface area (Å²) in [5, 5.41) is 0. The molecule has 0 N–H and O–H groups in total. The van der Waals surface area contributed by atoms with Crippen molar-refractivity contribution in [1.82, 2.24) is 4.57 Å². The summed E-state index contributed by atoms with van der Waals surface area (Å²) in [6, 6.07) is 13.4. The van der Waals surface area contributed by atoms with Crippen LogP contribution in [0.3, 0.4) is 0 Å². The van der Waals surface area contributed by atoms with Gasteiger partial charge in [0.25, 0.3) is 5.91 Å². The van der Waals surface area contributed by atoms with Gasteiger partial charge in [-0.25, -0.2) is 0 Å². The van der Waals surface area contributed by atoms with Gasteiger partial charge in [-0.05, 0) is 44.2 Å². The standard InChI is InChI=1S/C20H20N2O2S/c1-4-11-22-17-10-9-16(24-5-2)13-18(17)25-20(22)21-19(23)15-8-6-7-14(3)12-15/h4,6-10,12-13H,1,5,11H2,2-3H3. The van der Waals surface area contributed by atoms with E-state index in [2.05, 4.69) is 11.6 Å². The van der Waals surface area contributed by atoms with Gasteiger partial charge >= 0.3 is 0 Å². The molecule has 25 heavy (non-hydrogen) atoms. The molecule has 0 aliphatic carbocycles. The molecule has 0 aliphatic rings. The van der Waals surface area contributed by atoms with E-state index in [0.29, 0.717) is 23.5 Å². The highest BCUT2D eigenvalue weighted by molar-refractivity contribution is 7.16. The molecule has 5 heteroatoms. The molecule has 0 fully saturated rings. The maximum Gasteiger partial charge on any atom is 0.279 e. The van der Waals surface area contributed by atoms with Crippen molar-refractivity contribution < 1.29 is 9.53 Å². The number of allylic oxidation sites excluding steroid dienone is 1. The van der Waals surface area contributed by atoms with Gasteiger partial charge in [0, 0.05) is 12.1 Å². The van der Waals surface area contributed by atoms with Gasteiger partial charge in [0.2, 0.25) is 0 Å². The average Bonchev–Trinajstić information content (AvgIpc) is 2.92. The van der Waals surface area contributed by atoms with Crippen LogP contribution in [0, 0.1) is 6.92 Å². The highest BCUT2D eigenvalue weighted by atomic mass is 32.1. The molecule has 1 aromatic heterocycles. The molecule has 128 valence electrons. The van der Waals surface area contributed by atoms with E-state index in [-0.39, 0.29) is 5.91 Å². The summed E-state index contributed by atoms with van der Waals surface area (Å²) in [5.41, 5.74) is 2.65. The van der Waals surface area contributed by atoms with Crippen LogP contribution in [0.5, 0.6) is 5.75 Å². The molecule has 0 bridgehead atoms. The third-order valence-electron chi connectivity index (χ3n) is 3.74. The number of hydrogen-bond donors (Lipinski definition) is 0. The van der Waals surface area contributed by atoms with E-state index in [1.807, 2.05) is 54.8 Å². The van der Waals surface area contributed by atoms with Crippen LogP contribution in [0.25, 0.3) is 10.2 Å². The van der Waals surface area contributed by atoms with Gasteiger partial charge in [-0.2, -0.15) is 4.99 Å². The molecular formula is C20H20N2O2S. The SMILES string of the molecule is C=CCn1c(=NC(=O)c2cccc(C)c2)sc2cc(OCC)ccc21. The molecule has 4 nitrogen and oxygen atoms in total. The molecule has 0 saturated heterocycles. The van der Waals surface area contributed by atoms with Crippen molar-refractivity contribution in [2.75, 3.05) is 6.61 Å². The summed E-state index contributed by atoms with van der Waals surface area (Å²) in [6.07, 6.45) is 1.80. The van der Waals surface area contributed by atoms with Crippen molar-refractivity contribution >= 4 is 27.5 Å². The number of hydrogen-bond acceptors (Lipinski definition) is 3. The molecule has 0 unspecified atom stereocenters. The predicted octanol–water partition coefficient (Wildman–Crippen LogP) is 4.34. The first kappa shape index (κ1) is 17.2. The van der Waals surface area contributed by atoms with Crippen LogP contribution in [0.15, 0.2) is 60.1 Å². The minimum absolute atomic E-state index is 0.238. The number of fused-ring (bicyclic) bond motifs is 1. The average molecular weight is 352 g/mol. The summed E-state index contributed by atoms with van der Waals surface area (Å²) in [4.78, 5) is 17.6. The zero-order chi connectivity index (χ0) is 17.8. The first-order chi connectivity index (χ1) is 12.1. The lowest BCUT2D eigenvalue weighted by molar-refractivity contribution is 0.0998. The number of benzene rings is 2. The van der Waals surface area contributed by atoms with Gasteiger partial charge in [0.1, 0.15) is 5.75 Å². The number of amides is 1. The smallest absolute Gasteiger partial charge is 0.279 e. The Kier molecular flexibility index (Phi) is 5.14. The maximum absolute atomic E-state index is 12.5. The minimum Gasteiger partial charge on any atom is -0.494 e. The fraction of sp³-hybridized carbons (Fsp3) is 0.200. The molecule has 0 atom stereocenters. The van der Waals surface area contributed by atoms with Crippen LogP contribution in [-0.2, 0) is 6.54 Å². The number of ether oxygens (including phenoxy) is 1. The maximum atomic E-state index is 12.5. The Balaban J connectivity index is 2.11. The molecule has 0 aliphatic heterocycles. The number of aryl methyl sites for hydroxylation is 1. The number of nitrogens with zero attached hydrogens (tertiary/aromatic N) is 2. The van der Waals surface area contributed by atoms with E-state index in [1.54, 1.807) is 12.1 Å². The van der Waals surface area contributed by atoms with E-state index in [4.69, 9.17) is 4.74 Å². The molecular weight excluding hydrogens is 332 g/mol. The van der Waals surface area contributed by atoms with Crippen LogP contribution >= 0.6 is 11.3 Å². The first-order valence-corrected chi connectivity index (χ1v) is 8.97. The van der Waals surface area contributed by atoms with Crippen molar-refractivity contribution in [1.29, 1.82) is 0 Å². The lowest BCUT2D eigenvalue weighted by Crippen LogP contribution is -2.16. The van der Waals surface area contributed by atoms with Crippen molar-refractivity contribution in [3.05, 3.63) is 71.0 Å². The number of carbonyl (C=O) groups is 1. The number of thiazole rings is 1. The zero-order valence-electron chi connectivity index (χ0n) is 14.4. The van der Waals surface area contributed by atoms with E-state index in [9.17, 15) is 4.79 Å². The molecule has 2 aromatic carbocycles. The third-order valence-corrected chi connectivity index (χ3v) is 4.78. The van der Waals surface area contributed by atoms with E-state index in [1.165, 1.54) is 11.3 Å². The minimum atomic E-state index is -0.238. The van der Waals surface area contributed by atoms with E-state index in [0.717, 1.165) is 21.5 Å². The van der Waals surface area contributed by atoms with Gasteiger partial charge in [0.15, 0.2) is 4.80 Å². The summed E-state index contributed by atoms with van der Waals surface area (Å²) in [6.45, 7) is 8.94. The Bertz CT molecular complexity index is 998. The lowest BCUT2D eigenvalue weighted by Gasteiger charge is -2.04. The van der Waals surface area contributed by atoms with Crippen LogP contribution in [0.2, 0.25) is 0 Å². The summed E-state index contributed by atoms with van der Waals surface area (Å²) in [5.74, 6) is 0.580. The second-order valence-corrected chi connectivity index (χ2v) is 6.64. The first-order valence-electron chi connectivity index (χ1n) is 8.15. The van der Waals surface area contributed by atoms with E-state index < -0.39 is 0 Å². The van der Waals surface area contributed by atoms with E-state index >= 15 is 0 Å². The van der Waals surface area contributed by atoms with Crippen LogP contribution in [-0.4, -0.2) is 17.1 Å². The Morgan fingerprint density at radius 3 is 2.88 bits per heavy atom. The van der Waals surface area contributed by atoms with Gasteiger partial charge in [-0.3, -0.25) is 4.79 Å². The number of aromatic nitrogens is 1. The predicted molar refractivity (Wildman–Crippen MR) is 102 cm³/mol. The highest BCUT2D eigenvalue weighted by Crippen LogP contribution is 2.23. The second kappa shape index (κ2) is 7.49. The Morgan fingerprint density at radius 2 is 2.16 bits per heavy atom. The van der Waals surface area contributed by atoms with Gasteiger partial charge in [-0.15, -0.1) is 6.58 Å². The summed E-state index contributed by atoms with van der Waals surface area (Å²) < 4.78 is 8.59. The molecule has 0 saturated carbocycles. The monoisotopic (exact) mass is 352 g/mol. The molecule has 1 amide bonds. The largest absolute Gasteiger partial charge is 0.494 e. The molecule has 1 heterocycles. The Morgan fingerprint density at radius 1 is 1.32 bits per heavy atom. The van der Waals surface area contributed by atoms with Crippen molar-refractivity contribution in [2.45, 2.75) is 20.4 Å². The Labute approximate surface area is 150 Å². The molecule has 0 spiro atoms.